The van der Waals surface area contributed by atoms with Crippen molar-refractivity contribution in [2.75, 3.05) is 6.54 Å². The van der Waals surface area contributed by atoms with Crippen molar-refractivity contribution in [2.24, 2.45) is 13.0 Å². The van der Waals surface area contributed by atoms with E-state index in [1.165, 1.54) is 21.0 Å². The third kappa shape index (κ3) is 3.72. The Balaban J connectivity index is 2.33. The van der Waals surface area contributed by atoms with Crippen molar-refractivity contribution in [3.8, 4) is 0 Å². The Labute approximate surface area is 130 Å². The fourth-order valence-corrected chi connectivity index (χ4v) is 3.92. The first-order valence-electron chi connectivity index (χ1n) is 7.08. The average Bonchev–Trinajstić information content (AvgIpc) is 2.87. The molecule has 0 aliphatic carbocycles. The lowest BCUT2D eigenvalue weighted by atomic mass is 10.2. The van der Waals surface area contributed by atoms with E-state index >= 15 is 0 Å². The molecule has 22 heavy (non-hydrogen) atoms. The molecule has 0 radical (unpaired) electrons. The molecule has 1 aromatic heterocycles. The van der Waals surface area contributed by atoms with Gasteiger partial charge in [0.05, 0.1) is 7.05 Å². The maximum Gasteiger partial charge on any atom is 0.388 e. The molecule has 120 valence electrons. The zero-order valence-electron chi connectivity index (χ0n) is 13.0. The number of aromatic nitrogens is 2. The zero-order valence-corrected chi connectivity index (χ0v) is 13.8. The Kier molecular flexibility index (Phi) is 4.97. The van der Waals surface area contributed by atoms with Crippen LogP contribution < -0.4 is 4.57 Å². The van der Waals surface area contributed by atoms with Gasteiger partial charge in [0, 0.05) is 13.1 Å². The first kappa shape index (κ1) is 16.6. The lowest BCUT2D eigenvalue weighted by Gasteiger charge is -2.21. The van der Waals surface area contributed by atoms with Crippen molar-refractivity contribution in [3.63, 3.8) is 0 Å². The summed E-state index contributed by atoms with van der Waals surface area (Å²) in [7, 11) is -1.97. The highest BCUT2D eigenvalue weighted by Crippen LogP contribution is 2.16. The molecule has 0 unspecified atom stereocenters. The Morgan fingerprint density at radius 3 is 2.41 bits per heavy atom. The summed E-state index contributed by atoms with van der Waals surface area (Å²) in [4.78, 5) is 2.77. The molecule has 2 rings (SSSR count). The van der Waals surface area contributed by atoms with Gasteiger partial charge in [-0.1, -0.05) is 26.0 Å². The van der Waals surface area contributed by atoms with Crippen LogP contribution >= 0.6 is 0 Å². The number of rotatable bonds is 6. The molecule has 2 aromatic rings. The van der Waals surface area contributed by atoms with Gasteiger partial charge in [0.1, 0.15) is 18.2 Å². The van der Waals surface area contributed by atoms with Crippen LogP contribution in [0.5, 0.6) is 0 Å². The van der Waals surface area contributed by atoms with E-state index in [4.69, 9.17) is 0 Å². The number of nitrogens with one attached hydrogen (secondary N) is 1. The third-order valence-electron chi connectivity index (χ3n) is 3.25. The molecule has 0 aliphatic heterocycles. The zero-order chi connectivity index (χ0) is 16.3. The molecule has 5 nitrogen and oxygen atoms in total. The summed E-state index contributed by atoms with van der Waals surface area (Å²) in [5.74, 6) is -0.159. The number of hydrogen-bond acceptors (Lipinski definition) is 2. The fraction of sp³-hybridized carbons (Fsp3) is 0.400. The number of aromatic amines is 1. The number of hydrogen-bond donors (Lipinski definition) is 1. The molecule has 0 amide bonds. The third-order valence-corrected chi connectivity index (χ3v) is 5.10. The van der Waals surface area contributed by atoms with Crippen LogP contribution in [0.3, 0.4) is 0 Å². The van der Waals surface area contributed by atoms with Crippen LogP contribution in [0.15, 0.2) is 41.8 Å². The molecule has 0 bridgehead atoms. The molecule has 0 fully saturated rings. The number of H-pyrrole nitrogens is 1. The van der Waals surface area contributed by atoms with Gasteiger partial charge in [-0.2, -0.15) is 12.7 Å². The number of benzene rings is 1. The highest BCUT2D eigenvalue weighted by molar-refractivity contribution is 7.88. The summed E-state index contributed by atoms with van der Waals surface area (Å²) >= 11 is 0. The van der Waals surface area contributed by atoms with Gasteiger partial charge in [-0.25, -0.2) is 13.9 Å². The molecule has 7 heteroatoms. The Bertz CT molecular complexity index is 724. The van der Waals surface area contributed by atoms with E-state index in [2.05, 4.69) is 4.98 Å². The van der Waals surface area contributed by atoms with Crippen LogP contribution in [0.4, 0.5) is 4.39 Å². The van der Waals surface area contributed by atoms with E-state index in [-0.39, 0.29) is 23.4 Å². The molecule has 1 heterocycles. The van der Waals surface area contributed by atoms with Gasteiger partial charge < -0.3 is 0 Å². The van der Waals surface area contributed by atoms with E-state index in [0.29, 0.717) is 6.54 Å². The second-order valence-corrected chi connectivity index (χ2v) is 7.55. The highest BCUT2D eigenvalue weighted by Gasteiger charge is 2.33. The van der Waals surface area contributed by atoms with Gasteiger partial charge >= 0.3 is 15.2 Å². The van der Waals surface area contributed by atoms with E-state index < -0.39 is 10.0 Å². The topological polar surface area (TPSA) is 57.1 Å². The normalized spacial score (nSPS) is 12.3. The predicted octanol–water partition coefficient (Wildman–Crippen LogP) is 1.83. The minimum Gasteiger partial charge on any atom is -0.232 e. The van der Waals surface area contributed by atoms with E-state index in [1.54, 1.807) is 31.6 Å². The van der Waals surface area contributed by atoms with Crippen molar-refractivity contribution in [1.29, 1.82) is 0 Å². The summed E-state index contributed by atoms with van der Waals surface area (Å²) < 4.78 is 41.6. The van der Waals surface area contributed by atoms with E-state index in [1.807, 2.05) is 13.8 Å². The average molecular weight is 326 g/mol. The molecule has 1 aromatic carbocycles. The Morgan fingerprint density at radius 1 is 1.27 bits per heavy atom. The molecular formula is C15H21FN3O2S+. The van der Waals surface area contributed by atoms with Gasteiger partial charge in [0.25, 0.3) is 0 Å². The molecule has 1 N–H and O–H groups in total. The second-order valence-electron chi connectivity index (χ2n) is 5.69. The van der Waals surface area contributed by atoms with Crippen LogP contribution in [0, 0.1) is 11.7 Å². The van der Waals surface area contributed by atoms with E-state index in [0.717, 1.165) is 5.56 Å². The van der Waals surface area contributed by atoms with Crippen molar-refractivity contribution >= 4 is 10.0 Å². The van der Waals surface area contributed by atoms with Gasteiger partial charge in [-0.3, -0.25) is 0 Å². The molecule has 0 spiro atoms. The minimum absolute atomic E-state index is 0.135. The summed E-state index contributed by atoms with van der Waals surface area (Å²) in [6.45, 7) is 4.52. The van der Waals surface area contributed by atoms with Crippen molar-refractivity contribution < 1.29 is 17.4 Å². The maximum atomic E-state index is 13.0. The summed E-state index contributed by atoms with van der Waals surface area (Å²) in [6.07, 6.45) is 3.23. The number of halogens is 1. The second kappa shape index (κ2) is 6.58. The van der Waals surface area contributed by atoms with Crippen LogP contribution in [0.25, 0.3) is 0 Å². The fourth-order valence-electron chi connectivity index (χ4n) is 2.22. The van der Waals surface area contributed by atoms with Gasteiger partial charge in [0.15, 0.2) is 0 Å². The minimum atomic E-state index is -3.64. The standard InChI is InChI=1S/C15H20FN3O2S/c1-12(2)10-19(11-13-4-6-14(16)7-5-13)22(20,21)15-17-8-9-18(15)3/h4-9,12H,10-11H2,1-3H3/p+1. The number of nitrogens with zero attached hydrogens (tertiary/aromatic N) is 2. The predicted molar refractivity (Wildman–Crippen MR) is 80.8 cm³/mol. The molecule has 0 saturated heterocycles. The lowest BCUT2D eigenvalue weighted by molar-refractivity contribution is -0.709. The SMILES string of the molecule is CC(C)CN(Cc1ccc(F)cc1)S(=O)(=O)c1[nH]cc[n+]1C. The molecular weight excluding hydrogens is 305 g/mol. The number of aryl methyl sites for hydroxylation is 1. The Morgan fingerprint density at radius 2 is 1.91 bits per heavy atom. The number of sulfonamides is 1. The van der Waals surface area contributed by atoms with Crippen LogP contribution in [0.2, 0.25) is 0 Å². The van der Waals surface area contributed by atoms with Gasteiger partial charge in [0.2, 0.25) is 0 Å². The summed E-state index contributed by atoms with van der Waals surface area (Å²) in [6, 6.07) is 5.88. The smallest absolute Gasteiger partial charge is 0.232 e. The summed E-state index contributed by atoms with van der Waals surface area (Å²) in [5, 5.41) is 0.135. The van der Waals surface area contributed by atoms with Crippen LogP contribution in [-0.4, -0.2) is 24.3 Å². The largest absolute Gasteiger partial charge is 0.388 e. The quantitative estimate of drug-likeness (QED) is 0.823. The first-order valence-corrected chi connectivity index (χ1v) is 8.52. The lowest BCUT2D eigenvalue weighted by Crippen LogP contribution is -2.41. The van der Waals surface area contributed by atoms with Crippen LogP contribution in [0.1, 0.15) is 19.4 Å². The molecule has 0 aliphatic rings. The summed E-state index contributed by atoms with van der Waals surface area (Å²) in [5.41, 5.74) is 0.750. The number of imidazole rings is 1. The highest BCUT2D eigenvalue weighted by atomic mass is 32.2. The van der Waals surface area contributed by atoms with Gasteiger partial charge in [-0.05, 0) is 23.6 Å². The van der Waals surface area contributed by atoms with Crippen molar-refractivity contribution in [3.05, 3.63) is 48.0 Å². The van der Waals surface area contributed by atoms with Gasteiger partial charge in [-0.15, -0.1) is 0 Å². The van der Waals surface area contributed by atoms with Crippen molar-refractivity contribution in [1.82, 2.24) is 9.29 Å². The van der Waals surface area contributed by atoms with Crippen LogP contribution in [-0.2, 0) is 23.6 Å². The van der Waals surface area contributed by atoms with E-state index in [9.17, 15) is 12.8 Å². The van der Waals surface area contributed by atoms with Crippen molar-refractivity contribution in [2.45, 2.75) is 25.5 Å². The molecule has 0 atom stereocenters. The monoisotopic (exact) mass is 326 g/mol. The Hall–Kier alpha value is -1.73. The first-order chi connectivity index (χ1) is 10.3. The maximum absolute atomic E-state index is 13.0. The molecule has 0 saturated carbocycles.